The second kappa shape index (κ2) is 4.62. The third-order valence-electron chi connectivity index (χ3n) is 2.34. The molecule has 0 aliphatic carbocycles. The van der Waals surface area contributed by atoms with Crippen molar-refractivity contribution in [3.63, 3.8) is 0 Å². The van der Waals surface area contributed by atoms with E-state index in [1.54, 1.807) is 0 Å². The molecule has 0 aromatic rings. The molecule has 1 saturated heterocycles. The predicted molar refractivity (Wildman–Crippen MR) is 48.7 cm³/mol. The number of amides is 1. The summed E-state index contributed by atoms with van der Waals surface area (Å²) in [6.07, 6.45) is -4.53. The number of rotatable bonds is 2. The van der Waals surface area contributed by atoms with Crippen molar-refractivity contribution < 1.29 is 35.1 Å². The molecule has 1 fully saturated rings. The first-order valence-electron chi connectivity index (χ1n) is 4.66. The summed E-state index contributed by atoms with van der Waals surface area (Å²) in [7, 11) is 0. The molecule has 4 atom stereocenters. The quantitative estimate of drug-likeness (QED) is 0.271. The van der Waals surface area contributed by atoms with Gasteiger partial charge in [-0.1, -0.05) is 0 Å². The Balaban J connectivity index is 2.87. The molecule has 94 valence electrons. The summed E-state index contributed by atoms with van der Waals surface area (Å²) in [4.78, 5) is 10.8. The lowest BCUT2D eigenvalue weighted by Crippen LogP contribution is -2.70. The van der Waals surface area contributed by atoms with Crippen LogP contribution in [0.15, 0.2) is 0 Å². The van der Waals surface area contributed by atoms with Gasteiger partial charge in [-0.05, 0) is 0 Å². The van der Waals surface area contributed by atoms with Crippen LogP contribution in [0.4, 0.5) is 0 Å². The fourth-order valence-corrected chi connectivity index (χ4v) is 1.55. The van der Waals surface area contributed by atoms with Crippen LogP contribution in [0, 0.1) is 0 Å². The molecule has 0 aromatic carbocycles. The Hall–Kier alpha value is -0.770. The zero-order chi connectivity index (χ0) is 12.5. The van der Waals surface area contributed by atoms with Crippen LogP contribution in [0.3, 0.4) is 0 Å². The molecule has 0 spiro atoms. The van der Waals surface area contributed by atoms with Crippen molar-refractivity contribution in [1.82, 2.24) is 5.32 Å². The van der Waals surface area contributed by atoms with Gasteiger partial charge in [0.2, 0.25) is 5.91 Å². The summed E-state index contributed by atoms with van der Waals surface area (Å²) in [5.41, 5.74) is 0. The van der Waals surface area contributed by atoms with E-state index in [9.17, 15) is 25.2 Å². The van der Waals surface area contributed by atoms with E-state index in [1.165, 1.54) is 0 Å². The van der Waals surface area contributed by atoms with Gasteiger partial charge in [-0.25, -0.2) is 0 Å². The van der Waals surface area contributed by atoms with Crippen molar-refractivity contribution in [2.24, 2.45) is 0 Å². The lowest BCUT2D eigenvalue weighted by molar-refractivity contribution is -0.410. The Labute approximate surface area is 91.1 Å². The molecular formula is C8H15NO7. The standard InChI is InChI=1S/C8H15NO7/c1-3(11)9-7-6(13)5(12)4(2-10)16-8(7,14)15/h4-7,10,12-15H,2H2,1H3,(H,9,11)/t4-,5+,6+,7-/m1/s1. The van der Waals surface area contributed by atoms with Gasteiger partial charge in [-0.2, -0.15) is 0 Å². The molecule has 1 heterocycles. The maximum atomic E-state index is 10.8. The number of hydrogen-bond donors (Lipinski definition) is 6. The van der Waals surface area contributed by atoms with E-state index in [4.69, 9.17) is 5.11 Å². The first-order chi connectivity index (χ1) is 7.29. The molecule has 1 rings (SSSR count). The number of carbonyl (C=O) groups is 1. The maximum Gasteiger partial charge on any atom is 0.302 e. The molecule has 16 heavy (non-hydrogen) atoms. The topological polar surface area (TPSA) is 139 Å². The SMILES string of the molecule is CC(=O)N[C@@H]1[C@@H](O)[C@@H](O)[C@@H](CO)OC1(O)O. The number of carbonyl (C=O) groups excluding carboxylic acids is 1. The number of ether oxygens (including phenoxy) is 1. The van der Waals surface area contributed by atoms with Crippen LogP contribution in [-0.2, 0) is 9.53 Å². The van der Waals surface area contributed by atoms with Crippen LogP contribution in [0.25, 0.3) is 0 Å². The van der Waals surface area contributed by atoms with Crippen LogP contribution in [0.5, 0.6) is 0 Å². The van der Waals surface area contributed by atoms with E-state index in [1.807, 2.05) is 5.32 Å². The van der Waals surface area contributed by atoms with E-state index >= 15 is 0 Å². The minimum atomic E-state index is -2.85. The van der Waals surface area contributed by atoms with Gasteiger partial charge in [0.1, 0.15) is 24.4 Å². The van der Waals surface area contributed by atoms with Crippen molar-refractivity contribution in [2.75, 3.05) is 6.61 Å². The fraction of sp³-hybridized carbons (Fsp3) is 0.875. The minimum Gasteiger partial charge on any atom is -0.394 e. The monoisotopic (exact) mass is 237 g/mol. The molecule has 8 heteroatoms. The van der Waals surface area contributed by atoms with Gasteiger partial charge in [0.25, 0.3) is 0 Å². The van der Waals surface area contributed by atoms with Crippen molar-refractivity contribution in [3.05, 3.63) is 0 Å². The Morgan fingerprint density at radius 1 is 1.38 bits per heavy atom. The van der Waals surface area contributed by atoms with Gasteiger partial charge in [-0.15, -0.1) is 0 Å². The summed E-state index contributed by atoms with van der Waals surface area (Å²) >= 11 is 0. The van der Waals surface area contributed by atoms with Crippen molar-refractivity contribution >= 4 is 5.91 Å². The first-order valence-corrected chi connectivity index (χ1v) is 4.66. The zero-order valence-electron chi connectivity index (χ0n) is 8.57. The van der Waals surface area contributed by atoms with Crippen molar-refractivity contribution in [1.29, 1.82) is 0 Å². The lowest BCUT2D eigenvalue weighted by atomic mass is 9.95. The minimum absolute atomic E-state index is 0.630. The molecule has 0 aromatic heterocycles. The van der Waals surface area contributed by atoms with E-state index < -0.39 is 42.8 Å². The van der Waals surface area contributed by atoms with E-state index in [-0.39, 0.29) is 0 Å². The average molecular weight is 237 g/mol. The summed E-state index contributed by atoms with van der Waals surface area (Å²) in [6, 6.07) is -1.59. The second-order valence-corrected chi connectivity index (χ2v) is 3.66. The number of hydrogen-bond acceptors (Lipinski definition) is 7. The lowest BCUT2D eigenvalue weighted by Gasteiger charge is -2.44. The Kier molecular flexibility index (Phi) is 3.84. The van der Waals surface area contributed by atoms with Crippen molar-refractivity contribution in [3.8, 4) is 0 Å². The molecule has 1 amide bonds. The zero-order valence-corrected chi connectivity index (χ0v) is 8.57. The van der Waals surface area contributed by atoms with Crippen LogP contribution >= 0.6 is 0 Å². The fourth-order valence-electron chi connectivity index (χ4n) is 1.55. The first kappa shape index (κ1) is 13.3. The molecule has 6 N–H and O–H groups in total. The third-order valence-corrected chi connectivity index (χ3v) is 2.34. The Bertz CT molecular complexity index is 269. The third kappa shape index (κ3) is 2.48. The van der Waals surface area contributed by atoms with Gasteiger partial charge in [0.05, 0.1) is 6.61 Å². The highest BCUT2D eigenvalue weighted by Crippen LogP contribution is 2.25. The highest BCUT2D eigenvalue weighted by Gasteiger charge is 2.53. The average Bonchev–Trinajstić information content (AvgIpc) is 2.18. The van der Waals surface area contributed by atoms with Gasteiger partial charge < -0.3 is 35.6 Å². The van der Waals surface area contributed by atoms with Gasteiger partial charge in [-0.3, -0.25) is 4.79 Å². The van der Waals surface area contributed by atoms with Gasteiger partial charge in [0.15, 0.2) is 0 Å². The molecule has 8 nitrogen and oxygen atoms in total. The molecule has 0 saturated carbocycles. The predicted octanol–water partition coefficient (Wildman–Crippen LogP) is -3.76. The summed E-state index contributed by atoms with van der Waals surface area (Å²) in [5.74, 6) is -3.48. The molecule has 1 aliphatic rings. The van der Waals surface area contributed by atoms with E-state index in [0.29, 0.717) is 0 Å². The van der Waals surface area contributed by atoms with Crippen LogP contribution in [0.1, 0.15) is 6.92 Å². The highest BCUT2D eigenvalue weighted by atomic mass is 16.8. The summed E-state index contributed by atoms with van der Waals surface area (Å²) in [5, 5.41) is 48.6. The number of aliphatic hydroxyl groups excluding tert-OH is 3. The normalized spacial score (nSPS) is 38.1. The number of aliphatic hydroxyl groups is 5. The largest absolute Gasteiger partial charge is 0.394 e. The van der Waals surface area contributed by atoms with E-state index in [2.05, 4.69) is 4.74 Å². The Morgan fingerprint density at radius 2 is 1.94 bits per heavy atom. The smallest absolute Gasteiger partial charge is 0.302 e. The van der Waals surface area contributed by atoms with Crippen molar-refractivity contribution in [2.45, 2.75) is 37.3 Å². The molecule has 1 aliphatic heterocycles. The molecule has 0 unspecified atom stereocenters. The van der Waals surface area contributed by atoms with Gasteiger partial charge >= 0.3 is 5.97 Å². The van der Waals surface area contributed by atoms with Gasteiger partial charge in [0, 0.05) is 6.92 Å². The highest BCUT2D eigenvalue weighted by molar-refractivity contribution is 5.73. The van der Waals surface area contributed by atoms with E-state index in [0.717, 1.165) is 6.92 Å². The van der Waals surface area contributed by atoms with Crippen LogP contribution in [0.2, 0.25) is 0 Å². The molecule has 0 radical (unpaired) electrons. The second-order valence-electron chi connectivity index (χ2n) is 3.66. The number of nitrogens with one attached hydrogen (secondary N) is 1. The summed E-state index contributed by atoms with van der Waals surface area (Å²) in [6.45, 7) is 0.404. The maximum absolute atomic E-state index is 10.8. The molecular weight excluding hydrogens is 222 g/mol. The molecule has 0 bridgehead atoms. The Morgan fingerprint density at radius 3 is 2.38 bits per heavy atom. The summed E-state index contributed by atoms with van der Waals surface area (Å²) < 4.78 is 4.56. The van der Waals surface area contributed by atoms with Crippen LogP contribution < -0.4 is 5.32 Å². The van der Waals surface area contributed by atoms with Crippen LogP contribution in [-0.4, -0.2) is 68.4 Å².